The average Bonchev–Trinajstić information content (AvgIpc) is 3.30. The first kappa shape index (κ1) is 20.1. The van der Waals surface area contributed by atoms with Crippen molar-refractivity contribution >= 4 is 17.2 Å². The minimum Gasteiger partial charge on any atom is -0.497 e. The summed E-state index contributed by atoms with van der Waals surface area (Å²) in [5.74, 6) is 0.845. The second-order valence-electron chi connectivity index (χ2n) is 7.90. The number of amides is 1. The summed E-state index contributed by atoms with van der Waals surface area (Å²) in [6.07, 6.45) is 1.68. The van der Waals surface area contributed by atoms with E-state index in [0.29, 0.717) is 18.7 Å². The molecule has 0 spiro atoms. The normalized spacial score (nSPS) is 14.1. The molecule has 5 rings (SSSR count). The van der Waals surface area contributed by atoms with Gasteiger partial charge in [0.1, 0.15) is 5.75 Å². The standard InChI is InChI=1S/C25H25N5O2/c1-18-22(17-26-24-16-23(27-30(18)24)19-6-4-3-5-7-19)25(31)29-14-12-28(13-15-29)20-8-10-21(32-2)11-9-20/h3-11,16-17H,12-15H2,1-2H3. The molecule has 162 valence electrons. The van der Waals surface area contributed by atoms with Crippen LogP contribution in [0.15, 0.2) is 66.9 Å². The van der Waals surface area contributed by atoms with Crippen molar-refractivity contribution in [3.05, 3.63) is 78.1 Å². The molecule has 2 aromatic carbocycles. The van der Waals surface area contributed by atoms with Crippen molar-refractivity contribution in [1.82, 2.24) is 19.5 Å². The van der Waals surface area contributed by atoms with Crippen molar-refractivity contribution in [2.45, 2.75) is 6.92 Å². The first-order valence-corrected chi connectivity index (χ1v) is 10.7. The van der Waals surface area contributed by atoms with Gasteiger partial charge in [0.25, 0.3) is 5.91 Å². The molecule has 1 aliphatic rings. The van der Waals surface area contributed by atoms with E-state index in [4.69, 9.17) is 9.84 Å². The molecule has 1 aliphatic heterocycles. The molecular weight excluding hydrogens is 402 g/mol. The second kappa shape index (κ2) is 8.34. The van der Waals surface area contributed by atoms with E-state index in [1.165, 1.54) is 0 Å². The molecule has 0 unspecified atom stereocenters. The Balaban J connectivity index is 1.33. The number of rotatable bonds is 4. The quantitative estimate of drug-likeness (QED) is 0.497. The van der Waals surface area contributed by atoms with Crippen LogP contribution in [0.5, 0.6) is 5.75 Å². The number of benzene rings is 2. The van der Waals surface area contributed by atoms with Crippen molar-refractivity contribution in [3.8, 4) is 17.0 Å². The van der Waals surface area contributed by atoms with E-state index in [2.05, 4.69) is 22.0 Å². The molecule has 7 nitrogen and oxygen atoms in total. The number of hydrogen-bond donors (Lipinski definition) is 0. The van der Waals surface area contributed by atoms with Gasteiger partial charge in [0.05, 0.1) is 24.1 Å². The van der Waals surface area contributed by atoms with Crippen LogP contribution in [0.25, 0.3) is 16.9 Å². The van der Waals surface area contributed by atoms with Crippen LogP contribution in [-0.4, -0.2) is 58.7 Å². The summed E-state index contributed by atoms with van der Waals surface area (Å²) >= 11 is 0. The monoisotopic (exact) mass is 427 g/mol. The Morgan fingerprint density at radius 2 is 1.69 bits per heavy atom. The number of fused-ring (bicyclic) bond motifs is 1. The Hall–Kier alpha value is -3.87. The minimum atomic E-state index is 0.00282. The van der Waals surface area contributed by atoms with Crippen LogP contribution in [0.3, 0.4) is 0 Å². The van der Waals surface area contributed by atoms with Crippen molar-refractivity contribution in [2.24, 2.45) is 0 Å². The molecule has 2 aromatic heterocycles. The van der Waals surface area contributed by atoms with E-state index < -0.39 is 0 Å². The zero-order valence-electron chi connectivity index (χ0n) is 18.2. The van der Waals surface area contributed by atoms with Crippen LogP contribution in [0.4, 0.5) is 5.69 Å². The number of ether oxygens (including phenoxy) is 1. The zero-order valence-corrected chi connectivity index (χ0v) is 18.2. The summed E-state index contributed by atoms with van der Waals surface area (Å²) in [5, 5.41) is 4.70. The van der Waals surface area contributed by atoms with Crippen LogP contribution in [0, 0.1) is 6.92 Å². The smallest absolute Gasteiger partial charge is 0.257 e. The summed E-state index contributed by atoms with van der Waals surface area (Å²) in [5.41, 5.74) is 5.15. The highest BCUT2D eigenvalue weighted by molar-refractivity contribution is 5.95. The lowest BCUT2D eigenvalue weighted by molar-refractivity contribution is 0.0745. The topological polar surface area (TPSA) is 63.0 Å². The van der Waals surface area contributed by atoms with Gasteiger partial charge < -0.3 is 14.5 Å². The third-order valence-electron chi connectivity index (χ3n) is 6.03. The van der Waals surface area contributed by atoms with Crippen molar-refractivity contribution in [2.75, 3.05) is 38.2 Å². The molecule has 1 fully saturated rings. The van der Waals surface area contributed by atoms with Gasteiger partial charge in [-0.25, -0.2) is 9.50 Å². The highest BCUT2D eigenvalue weighted by Gasteiger charge is 2.25. The maximum Gasteiger partial charge on any atom is 0.257 e. The maximum absolute atomic E-state index is 13.3. The first-order valence-electron chi connectivity index (χ1n) is 10.7. The third-order valence-corrected chi connectivity index (χ3v) is 6.03. The fourth-order valence-corrected chi connectivity index (χ4v) is 4.14. The van der Waals surface area contributed by atoms with Crippen molar-refractivity contribution in [3.63, 3.8) is 0 Å². The van der Waals surface area contributed by atoms with Crippen LogP contribution < -0.4 is 9.64 Å². The van der Waals surface area contributed by atoms with Gasteiger partial charge in [-0.2, -0.15) is 5.10 Å². The Morgan fingerprint density at radius 3 is 2.38 bits per heavy atom. The van der Waals surface area contributed by atoms with E-state index in [1.54, 1.807) is 17.8 Å². The van der Waals surface area contributed by atoms with Crippen LogP contribution in [0.1, 0.15) is 16.1 Å². The molecule has 32 heavy (non-hydrogen) atoms. The molecular formula is C25H25N5O2. The van der Waals surface area contributed by atoms with Gasteiger partial charge in [0.2, 0.25) is 0 Å². The SMILES string of the molecule is COc1ccc(N2CCN(C(=O)c3cnc4cc(-c5ccccc5)nn4c3C)CC2)cc1. The Bertz CT molecular complexity index is 1240. The summed E-state index contributed by atoms with van der Waals surface area (Å²) in [4.78, 5) is 22.0. The second-order valence-corrected chi connectivity index (χ2v) is 7.90. The molecule has 7 heteroatoms. The van der Waals surface area contributed by atoms with Gasteiger partial charge >= 0.3 is 0 Å². The molecule has 0 atom stereocenters. The number of piperazine rings is 1. The number of hydrogen-bond acceptors (Lipinski definition) is 5. The van der Waals surface area contributed by atoms with Crippen LogP contribution in [-0.2, 0) is 0 Å². The lowest BCUT2D eigenvalue weighted by Gasteiger charge is -2.36. The van der Waals surface area contributed by atoms with E-state index >= 15 is 0 Å². The zero-order chi connectivity index (χ0) is 22.1. The molecule has 3 heterocycles. The summed E-state index contributed by atoms with van der Waals surface area (Å²) in [6, 6.07) is 20.0. The van der Waals surface area contributed by atoms with Gasteiger partial charge in [0, 0.05) is 49.7 Å². The van der Waals surface area contributed by atoms with Gasteiger partial charge in [0.15, 0.2) is 5.65 Å². The van der Waals surface area contributed by atoms with E-state index in [-0.39, 0.29) is 5.91 Å². The molecule has 0 N–H and O–H groups in total. The van der Waals surface area contributed by atoms with Gasteiger partial charge in [-0.05, 0) is 31.2 Å². The highest BCUT2D eigenvalue weighted by atomic mass is 16.5. The molecule has 0 bridgehead atoms. The fraction of sp³-hybridized carbons (Fsp3) is 0.240. The predicted molar refractivity (Wildman–Crippen MR) is 124 cm³/mol. The molecule has 0 radical (unpaired) electrons. The fourth-order valence-electron chi connectivity index (χ4n) is 4.14. The van der Waals surface area contributed by atoms with Crippen molar-refractivity contribution < 1.29 is 9.53 Å². The van der Waals surface area contributed by atoms with E-state index in [9.17, 15) is 4.79 Å². The number of nitrogens with zero attached hydrogens (tertiary/aromatic N) is 5. The third kappa shape index (κ3) is 3.66. The van der Waals surface area contributed by atoms with Gasteiger partial charge in [-0.15, -0.1) is 0 Å². The molecule has 4 aromatic rings. The maximum atomic E-state index is 13.3. The average molecular weight is 428 g/mol. The van der Waals surface area contributed by atoms with Crippen LogP contribution >= 0.6 is 0 Å². The molecule has 0 saturated carbocycles. The number of anilines is 1. The summed E-state index contributed by atoms with van der Waals surface area (Å²) in [7, 11) is 1.67. The van der Waals surface area contributed by atoms with E-state index in [1.807, 2.05) is 60.4 Å². The van der Waals surface area contributed by atoms with Crippen molar-refractivity contribution in [1.29, 1.82) is 0 Å². The number of aryl methyl sites for hydroxylation is 1. The first-order chi connectivity index (χ1) is 15.6. The predicted octanol–water partition coefficient (Wildman–Crippen LogP) is 3.68. The number of carbonyl (C=O) groups excluding carboxylic acids is 1. The largest absolute Gasteiger partial charge is 0.497 e. The molecule has 1 amide bonds. The lowest BCUT2D eigenvalue weighted by atomic mass is 10.1. The van der Waals surface area contributed by atoms with Gasteiger partial charge in [-0.1, -0.05) is 30.3 Å². The minimum absolute atomic E-state index is 0.00282. The molecule has 0 aliphatic carbocycles. The summed E-state index contributed by atoms with van der Waals surface area (Å²) < 4.78 is 7.00. The molecule has 1 saturated heterocycles. The lowest BCUT2D eigenvalue weighted by Crippen LogP contribution is -2.49. The Labute approximate surface area is 186 Å². The number of methoxy groups -OCH3 is 1. The highest BCUT2D eigenvalue weighted by Crippen LogP contribution is 2.23. The van der Waals surface area contributed by atoms with Crippen LogP contribution in [0.2, 0.25) is 0 Å². The number of carbonyl (C=O) groups is 1. The van der Waals surface area contributed by atoms with E-state index in [0.717, 1.165) is 47.1 Å². The Morgan fingerprint density at radius 1 is 0.969 bits per heavy atom. The van der Waals surface area contributed by atoms with Gasteiger partial charge in [-0.3, -0.25) is 4.79 Å². The summed E-state index contributed by atoms with van der Waals surface area (Å²) in [6.45, 7) is 4.82. The Kier molecular flexibility index (Phi) is 5.23. The number of aromatic nitrogens is 3.